The molecule has 0 radical (unpaired) electrons. The van der Waals surface area contributed by atoms with Crippen LogP contribution in [0.25, 0.3) is 10.9 Å². The number of anilines is 1. The SMILES string of the molecule is CC(C)(COC(=O)Nc1ccccc1C(=O)NNC(=O)c1cc2cc(Cl)ccc2[nH]1)C(=O)O. The molecule has 0 spiro atoms. The van der Waals surface area contributed by atoms with Crippen LogP contribution in [0.15, 0.2) is 48.5 Å². The molecule has 0 aliphatic heterocycles. The minimum absolute atomic E-state index is 0.0515. The predicted octanol–water partition coefficient (Wildman–Crippen LogP) is 3.56. The van der Waals surface area contributed by atoms with Crippen LogP contribution in [0.1, 0.15) is 34.7 Å². The molecule has 0 atom stereocenters. The van der Waals surface area contributed by atoms with Crippen LogP contribution in [0.2, 0.25) is 5.02 Å². The van der Waals surface area contributed by atoms with Gasteiger partial charge >= 0.3 is 12.1 Å². The summed E-state index contributed by atoms with van der Waals surface area (Å²) in [5.41, 5.74) is 4.39. The molecule has 0 fully saturated rings. The Balaban J connectivity index is 1.62. The third kappa shape index (κ3) is 5.80. The first kappa shape index (κ1) is 23.6. The average Bonchev–Trinajstić information content (AvgIpc) is 3.19. The zero-order chi connectivity index (χ0) is 24.2. The number of aromatic amines is 1. The first-order valence-electron chi connectivity index (χ1n) is 9.72. The van der Waals surface area contributed by atoms with E-state index in [1.807, 2.05) is 0 Å². The van der Waals surface area contributed by atoms with Gasteiger partial charge < -0.3 is 14.8 Å². The van der Waals surface area contributed by atoms with Gasteiger partial charge in [-0.05, 0) is 50.2 Å². The lowest BCUT2D eigenvalue weighted by atomic mass is 9.95. The Morgan fingerprint density at radius 3 is 2.45 bits per heavy atom. The zero-order valence-electron chi connectivity index (χ0n) is 17.7. The smallest absolute Gasteiger partial charge is 0.411 e. The number of para-hydroxylation sites is 1. The molecule has 0 aliphatic carbocycles. The van der Waals surface area contributed by atoms with Gasteiger partial charge in [0.05, 0.1) is 16.7 Å². The molecule has 0 aliphatic rings. The predicted molar refractivity (Wildman–Crippen MR) is 121 cm³/mol. The molecule has 33 heavy (non-hydrogen) atoms. The normalized spacial score (nSPS) is 11.0. The molecule has 0 saturated carbocycles. The van der Waals surface area contributed by atoms with E-state index < -0.39 is 29.3 Å². The van der Waals surface area contributed by atoms with Crippen molar-refractivity contribution in [1.82, 2.24) is 15.8 Å². The number of halogens is 1. The number of hydrogen-bond acceptors (Lipinski definition) is 5. The monoisotopic (exact) mass is 472 g/mol. The fourth-order valence-corrected chi connectivity index (χ4v) is 2.90. The van der Waals surface area contributed by atoms with Crippen molar-refractivity contribution in [2.24, 2.45) is 5.41 Å². The lowest BCUT2D eigenvalue weighted by Crippen LogP contribution is -2.42. The van der Waals surface area contributed by atoms with E-state index in [9.17, 15) is 19.2 Å². The van der Waals surface area contributed by atoms with Crippen molar-refractivity contribution in [3.05, 3.63) is 64.8 Å². The first-order chi connectivity index (χ1) is 15.6. The second-order valence-corrected chi connectivity index (χ2v) is 8.20. The van der Waals surface area contributed by atoms with Crippen LogP contribution in [0.4, 0.5) is 10.5 Å². The fourth-order valence-electron chi connectivity index (χ4n) is 2.72. The molecule has 0 saturated heterocycles. The number of rotatable bonds is 6. The number of benzene rings is 2. The number of carboxylic acid groups (broad SMARTS) is 1. The molecule has 0 bridgehead atoms. The molecule has 11 heteroatoms. The van der Waals surface area contributed by atoms with E-state index in [1.165, 1.54) is 26.0 Å². The highest BCUT2D eigenvalue weighted by Gasteiger charge is 2.29. The fraction of sp³-hybridized carbons (Fsp3) is 0.182. The largest absolute Gasteiger partial charge is 0.481 e. The van der Waals surface area contributed by atoms with E-state index in [0.29, 0.717) is 10.5 Å². The van der Waals surface area contributed by atoms with Gasteiger partial charge in [-0.1, -0.05) is 23.7 Å². The molecule has 3 rings (SSSR count). The number of hydrogen-bond donors (Lipinski definition) is 5. The molecule has 0 unspecified atom stereocenters. The highest BCUT2D eigenvalue weighted by Crippen LogP contribution is 2.20. The van der Waals surface area contributed by atoms with Gasteiger partial charge in [0.25, 0.3) is 11.8 Å². The highest BCUT2D eigenvalue weighted by atomic mass is 35.5. The highest BCUT2D eigenvalue weighted by molar-refractivity contribution is 6.31. The Kier molecular flexibility index (Phi) is 6.88. The number of ether oxygens (including phenoxy) is 1. The maximum absolute atomic E-state index is 12.6. The van der Waals surface area contributed by atoms with Gasteiger partial charge in [0, 0.05) is 15.9 Å². The second-order valence-electron chi connectivity index (χ2n) is 7.76. The summed E-state index contributed by atoms with van der Waals surface area (Å²) in [6.45, 7) is 2.46. The minimum atomic E-state index is -1.27. The number of aromatic nitrogens is 1. The van der Waals surface area contributed by atoms with E-state index in [0.717, 1.165) is 5.39 Å². The lowest BCUT2D eigenvalue weighted by Gasteiger charge is -2.19. The molecule has 2 aromatic carbocycles. The average molecular weight is 473 g/mol. The van der Waals surface area contributed by atoms with Crippen LogP contribution in [0.5, 0.6) is 0 Å². The van der Waals surface area contributed by atoms with Gasteiger partial charge in [0.2, 0.25) is 0 Å². The van der Waals surface area contributed by atoms with Crippen molar-refractivity contribution in [2.75, 3.05) is 11.9 Å². The Morgan fingerprint density at radius 1 is 1.03 bits per heavy atom. The second kappa shape index (κ2) is 9.61. The minimum Gasteiger partial charge on any atom is -0.481 e. The standard InChI is InChI=1S/C22H21ClN4O6/c1-22(2,20(30)31)11-33-21(32)25-16-6-4-3-5-14(16)18(28)26-27-19(29)17-10-12-9-13(23)7-8-15(12)24-17/h3-10,24H,11H2,1-2H3,(H,25,32)(H,26,28)(H,27,29)(H,30,31). The summed E-state index contributed by atoms with van der Waals surface area (Å²) in [5.74, 6) is -2.40. The number of nitrogens with one attached hydrogen (secondary N) is 4. The van der Waals surface area contributed by atoms with Crippen LogP contribution in [0.3, 0.4) is 0 Å². The van der Waals surface area contributed by atoms with Crippen molar-refractivity contribution < 1.29 is 29.0 Å². The summed E-state index contributed by atoms with van der Waals surface area (Å²) in [4.78, 5) is 51.1. The van der Waals surface area contributed by atoms with Crippen LogP contribution in [0, 0.1) is 5.41 Å². The van der Waals surface area contributed by atoms with Crippen molar-refractivity contribution in [1.29, 1.82) is 0 Å². The van der Waals surface area contributed by atoms with Gasteiger partial charge in [0.1, 0.15) is 12.3 Å². The lowest BCUT2D eigenvalue weighted by molar-refractivity contribution is -0.148. The number of hydrazine groups is 1. The van der Waals surface area contributed by atoms with E-state index in [4.69, 9.17) is 21.4 Å². The summed E-state index contributed by atoms with van der Waals surface area (Å²) in [6.07, 6.45) is -0.926. The maximum atomic E-state index is 12.6. The van der Waals surface area contributed by atoms with Crippen molar-refractivity contribution >= 4 is 52.1 Å². The van der Waals surface area contributed by atoms with Crippen molar-refractivity contribution in [3.63, 3.8) is 0 Å². The number of H-pyrrole nitrogens is 1. The van der Waals surface area contributed by atoms with Gasteiger partial charge in [-0.2, -0.15) is 0 Å². The Hall–Kier alpha value is -4.05. The molecule has 1 heterocycles. The van der Waals surface area contributed by atoms with Gasteiger partial charge in [-0.15, -0.1) is 0 Å². The summed E-state index contributed by atoms with van der Waals surface area (Å²) < 4.78 is 4.95. The molecular formula is C22H21ClN4O6. The zero-order valence-corrected chi connectivity index (χ0v) is 18.4. The molecule has 3 aromatic rings. The van der Waals surface area contributed by atoms with E-state index >= 15 is 0 Å². The molecule has 10 nitrogen and oxygen atoms in total. The quantitative estimate of drug-likeness (QED) is 0.346. The summed E-state index contributed by atoms with van der Waals surface area (Å²) >= 11 is 5.95. The first-order valence-corrected chi connectivity index (χ1v) is 10.1. The van der Waals surface area contributed by atoms with Gasteiger partial charge in [-0.25, -0.2) is 4.79 Å². The molecule has 3 amide bonds. The Morgan fingerprint density at radius 2 is 1.73 bits per heavy atom. The number of aliphatic carboxylic acids is 1. The number of amides is 3. The number of carbonyl (C=O) groups is 4. The van der Waals surface area contributed by atoms with Crippen LogP contribution < -0.4 is 16.2 Å². The van der Waals surface area contributed by atoms with Crippen LogP contribution in [-0.2, 0) is 9.53 Å². The van der Waals surface area contributed by atoms with Crippen molar-refractivity contribution in [3.8, 4) is 0 Å². The molecule has 5 N–H and O–H groups in total. The number of carboxylic acids is 1. The maximum Gasteiger partial charge on any atom is 0.411 e. The third-order valence-corrected chi connectivity index (χ3v) is 4.90. The van der Waals surface area contributed by atoms with Gasteiger partial charge in [-0.3, -0.25) is 30.6 Å². The summed E-state index contributed by atoms with van der Waals surface area (Å²) in [6, 6.07) is 12.7. The van der Waals surface area contributed by atoms with E-state index in [2.05, 4.69) is 21.2 Å². The molecule has 1 aromatic heterocycles. The number of fused-ring (bicyclic) bond motifs is 1. The van der Waals surface area contributed by atoms with E-state index in [-0.39, 0.29) is 23.6 Å². The van der Waals surface area contributed by atoms with Gasteiger partial charge in [0.15, 0.2) is 0 Å². The van der Waals surface area contributed by atoms with Crippen LogP contribution >= 0.6 is 11.6 Å². The van der Waals surface area contributed by atoms with Crippen molar-refractivity contribution in [2.45, 2.75) is 13.8 Å². The Bertz CT molecular complexity index is 1240. The molecule has 172 valence electrons. The third-order valence-electron chi connectivity index (χ3n) is 4.67. The summed E-state index contributed by atoms with van der Waals surface area (Å²) in [7, 11) is 0. The molecular weight excluding hydrogens is 452 g/mol. The van der Waals surface area contributed by atoms with Crippen LogP contribution in [-0.4, -0.2) is 40.6 Å². The number of carbonyl (C=O) groups excluding carboxylic acids is 3. The van der Waals surface area contributed by atoms with E-state index in [1.54, 1.807) is 36.4 Å². The topological polar surface area (TPSA) is 150 Å². The Labute approximate surface area is 193 Å². The summed E-state index contributed by atoms with van der Waals surface area (Å²) in [5, 5.41) is 12.8.